The lowest BCUT2D eigenvalue weighted by Crippen LogP contribution is -1.93. The Hall–Kier alpha value is -0.310. The molecule has 0 spiro atoms. The quantitative estimate of drug-likeness (QED) is 0.639. The van der Waals surface area contributed by atoms with Crippen LogP contribution in [0.15, 0.2) is 22.7 Å². The zero-order valence-electron chi connectivity index (χ0n) is 8.89. The number of nitrogens with zero attached hydrogens (tertiary/aromatic N) is 1. The maximum atomic E-state index is 6.15. The molecule has 0 aliphatic rings. The molecule has 4 heteroatoms. The standard InChI is InChI=1S/C12H10BrCl2N/c1-6(2)8-5-7-3-4-9(14)10(13)11(7)16-12(8)15/h3-6H,1-2H3. The Bertz CT molecular complexity index is 552. The maximum absolute atomic E-state index is 6.15. The third-order valence-electron chi connectivity index (χ3n) is 2.48. The molecule has 0 bridgehead atoms. The van der Waals surface area contributed by atoms with Crippen LogP contribution in [0.1, 0.15) is 25.3 Å². The van der Waals surface area contributed by atoms with Crippen molar-refractivity contribution >= 4 is 50.0 Å². The molecule has 0 saturated heterocycles. The van der Waals surface area contributed by atoms with Crippen LogP contribution in [0.5, 0.6) is 0 Å². The van der Waals surface area contributed by atoms with Crippen molar-refractivity contribution < 1.29 is 0 Å². The van der Waals surface area contributed by atoms with Crippen molar-refractivity contribution in [3.05, 3.63) is 38.4 Å². The molecule has 0 N–H and O–H groups in total. The molecule has 0 amide bonds. The Morgan fingerprint density at radius 1 is 1.25 bits per heavy atom. The van der Waals surface area contributed by atoms with Crippen LogP contribution < -0.4 is 0 Å². The van der Waals surface area contributed by atoms with E-state index in [1.807, 2.05) is 12.1 Å². The third kappa shape index (κ3) is 2.06. The summed E-state index contributed by atoms with van der Waals surface area (Å²) in [7, 11) is 0. The van der Waals surface area contributed by atoms with Crippen LogP contribution >= 0.6 is 39.1 Å². The summed E-state index contributed by atoms with van der Waals surface area (Å²) in [5.41, 5.74) is 1.87. The highest BCUT2D eigenvalue weighted by molar-refractivity contribution is 9.10. The van der Waals surface area contributed by atoms with Gasteiger partial charge in [-0.2, -0.15) is 0 Å². The molecule has 84 valence electrons. The highest BCUT2D eigenvalue weighted by Crippen LogP contribution is 2.33. The van der Waals surface area contributed by atoms with Crippen molar-refractivity contribution in [1.82, 2.24) is 4.98 Å². The number of benzene rings is 1. The number of pyridine rings is 1. The van der Waals surface area contributed by atoms with Gasteiger partial charge in [0.25, 0.3) is 0 Å². The maximum Gasteiger partial charge on any atom is 0.133 e. The summed E-state index contributed by atoms with van der Waals surface area (Å²) in [6.07, 6.45) is 0. The highest BCUT2D eigenvalue weighted by Gasteiger charge is 2.11. The van der Waals surface area contributed by atoms with E-state index in [1.54, 1.807) is 0 Å². The van der Waals surface area contributed by atoms with Gasteiger partial charge >= 0.3 is 0 Å². The van der Waals surface area contributed by atoms with E-state index in [4.69, 9.17) is 23.2 Å². The van der Waals surface area contributed by atoms with Gasteiger partial charge in [0.2, 0.25) is 0 Å². The first kappa shape index (κ1) is 12.2. The van der Waals surface area contributed by atoms with Gasteiger partial charge in [-0.25, -0.2) is 4.98 Å². The summed E-state index contributed by atoms with van der Waals surface area (Å²) in [5, 5.41) is 2.24. The molecule has 1 aromatic carbocycles. The average Bonchev–Trinajstić information content (AvgIpc) is 2.23. The van der Waals surface area contributed by atoms with Crippen molar-refractivity contribution in [3.8, 4) is 0 Å². The molecule has 16 heavy (non-hydrogen) atoms. The van der Waals surface area contributed by atoms with Crippen LogP contribution in [0, 0.1) is 0 Å². The first-order valence-electron chi connectivity index (χ1n) is 4.95. The molecule has 0 unspecified atom stereocenters. The number of rotatable bonds is 1. The second-order valence-electron chi connectivity index (χ2n) is 3.96. The fourth-order valence-electron chi connectivity index (χ4n) is 1.58. The van der Waals surface area contributed by atoms with Crippen LogP contribution in [-0.2, 0) is 0 Å². The molecule has 0 radical (unpaired) electrons. The van der Waals surface area contributed by atoms with Crippen LogP contribution in [0.4, 0.5) is 0 Å². The van der Waals surface area contributed by atoms with E-state index in [0.29, 0.717) is 16.1 Å². The fraction of sp³-hybridized carbons (Fsp3) is 0.250. The summed E-state index contributed by atoms with van der Waals surface area (Å²) in [6.45, 7) is 4.19. The Balaban J connectivity index is 2.79. The van der Waals surface area contributed by atoms with Crippen molar-refractivity contribution in [2.24, 2.45) is 0 Å². The SMILES string of the molecule is CC(C)c1cc2ccc(Cl)c(Br)c2nc1Cl. The summed E-state index contributed by atoms with van der Waals surface area (Å²) in [4.78, 5) is 4.39. The fourth-order valence-corrected chi connectivity index (χ4v) is 2.54. The molecular formula is C12H10BrCl2N. The number of aromatic nitrogens is 1. The average molecular weight is 319 g/mol. The number of halogens is 3. The van der Waals surface area contributed by atoms with Crippen LogP contribution in [-0.4, -0.2) is 4.98 Å². The zero-order chi connectivity index (χ0) is 11.9. The van der Waals surface area contributed by atoms with Gasteiger partial charge in [0.15, 0.2) is 0 Å². The number of hydrogen-bond donors (Lipinski definition) is 0. The van der Waals surface area contributed by atoms with Gasteiger partial charge in [0.05, 0.1) is 15.0 Å². The molecule has 2 rings (SSSR count). The first-order chi connectivity index (χ1) is 7.50. The summed E-state index contributed by atoms with van der Waals surface area (Å²) >= 11 is 15.6. The molecule has 1 heterocycles. The number of fused-ring (bicyclic) bond motifs is 1. The van der Waals surface area contributed by atoms with Gasteiger partial charge in [0, 0.05) is 5.39 Å². The molecule has 0 atom stereocenters. The molecule has 0 saturated carbocycles. The van der Waals surface area contributed by atoms with Crippen molar-refractivity contribution in [3.63, 3.8) is 0 Å². The van der Waals surface area contributed by atoms with Crippen LogP contribution in [0.3, 0.4) is 0 Å². The highest BCUT2D eigenvalue weighted by atomic mass is 79.9. The minimum atomic E-state index is 0.360. The number of hydrogen-bond acceptors (Lipinski definition) is 1. The van der Waals surface area contributed by atoms with E-state index in [1.165, 1.54) is 0 Å². The van der Waals surface area contributed by atoms with Crippen molar-refractivity contribution in [2.75, 3.05) is 0 Å². The lowest BCUT2D eigenvalue weighted by Gasteiger charge is -2.10. The van der Waals surface area contributed by atoms with Crippen molar-refractivity contribution in [2.45, 2.75) is 19.8 Å². The second kappa shape index (κ2) is 4.52. The molecule has 2 aromatic rings. The molecule has 0 fully saturated rings. The van der Waals surface area contributed by atoms with Crippen LogP contribution in [0.2, 0.25) is 10.2 Å². The van der Waals surface area contributed by atoms with E-state index in [0.717, 1.165) is 20.9 Å². The monoisotopic (exact) mass is 317 g/mol. The van der Waals surface area contributed by atoms with E-state index < -0.39 is 0 Å². The molecular weight excluding hydrogens is 309 g/mol. The first-order valence-corrected chi connectivity index (χ1v) is 6.49. The van der Waals surface area contributed by atoms with Gasteiger partial charge in [-0.15, -0.1) is 0 Å². The van der Waals surface area contributed by atoms with Crippen LogP contribution in [0.25, 0.3) is 10.9 Å². The smallest absolute Gasteiger partial charge is 0.133 e. The Kier molecular flexibility index (Phi) is 3.43. The lowest BCUT2D eigenvalue weighted by molar-refractivity contribution is 0.862. The molecule has 1 nitrogen and oxygen atoms in total. The second-order valence-corrected chi connectivity index (χ2v) is 5.51. The van der Waals surface area contributed by atoms with Gasteiger partial charge < -0.3 is 0 Å². The summed E-state index contributed by atoms with van der Waals surface area (Å²) in [6, 6.07) is 5.88. The van der Waals surface area contributed by atoms with E-state index in [2.05, 4.69) is 40.8 Å². The Labute approximate surface area is 113 Å². The molecule has 0 aliphatic heterocycles. The predicted octanol–water partition coefficient (Wildman–Crippen LogP) is 5.43. The van der Waals surface area contributed by atoms with E-state index >= 15 is 0 Å². The normalized spacial score (nSPS) is 11.4. The van der Waals surface area contributed by atoms with Gasteiger partial charge in [-0.1, -0.05) is 43.1 Å². The minimum absolute atomic E-state index is 0.360. The third-order valence-corrected chi connectivity index (χ3v) is 4.13. The van der Waals surface area contributed by atoms with Gasteiger partial charge in [-0.05, 0) is 39.5 Å². The molecule has 0 aliphatic carbocycles. The van der Waals surface area contributed by atoms with E-state index in [-0.39, 0.29) is 0 Å². The Morgan fingerprint density at radius 2 is 1.94 bits per heavy atom. The topological polar surface area (TPSA) is 12.9 Å². The Morgan fingerprint density at radius 3 is 2.56 bits per heavy atom. The van der Waals surface area contributed by atoms with Gasteiger partial charge in [0.1, 0.15) is 5.15 Å². The summed E-state index contributed by atoms with van der Waals surface area (Å²) in [5.74, 6) is 0.360. The van der Waals surface area contributed by atoms with E-state index in [9.17, 15) is 0 Å². The predicted molar refractivity (Wildman–Crippen MR) is 73.6 cm³/mol. The molecule has 1 aromatic heterocycles. The van der Waals surface area contributed by atoms with Gasteiger partial charge in [-0.3, -0.25) is 0 Å². The largest absolute Gasteiger partial charge is 0.235 e. The lowest BCUT2D eigenvalue weighted by atomic mass is 10.0. The van der Waals surface area contributed by atoms with Crippen molar-refractivity contribution in [1.29, 1.82) is 0 Å². The zero-order valence-corrected chi connectivity index (χ0v) is 12.0. The summed E-state index contributed by atoms with van der Waals surface area (Å²) < 4.78 is 0.795. The minimum Gasteiger partial charge on any atom is -0.235 e.